The number of hydrogen-bond acceptors (Lipinski definition) is 14. The molecule has 2 amide bonds. The molecule has 2 saturated carbocycles. The van der Waals surface area contributed by atoms with Crippen LogP contribution in [-0.4, -0.2) is 147 Å². The number of aliphatic hydroxyl groups excluding tert-OH is 5. The van der Waals surface area contributed by atoms with Crippen molar-refractivity contribution in [2.24, 2.45) is 11.7 Å². The Kier molecular flexibility index (Phi) is 15.2. The van der Waals surface area contributed by atoms with E-state index in [9.17, 15) is 45.0 Å². The highest BCUT2D eigenvalue weighted by Gasteiger charge is 2.52. The van der Waals surface area contributed by atoms with Crippen LogP contribution < -0.4 is 16.4 Å². The minimum Gasteiger partial charge on any atom is -0.479 e. The molecule has 2 aliphatic heterocycles. The molecule has 0 aromatic rings. The number of ether oxygens (including phenoxy) is 5. The van der Waals surface area contributed by atoms with Gasteiger partial charge in [-0.15, -0.1) is 0 Å². The second-order valence-corrected chi connectivity index (χ2v) is 14.8. The number of nitrogens with two attached hydrogens (primary N) is 1. The summed E-state index contributed by atoms with van der Waals surface area (Å²) in [6.07, 6.45) is -3.40. The molecule has 2 heterocycles. The molecule has 10 N–H and O–H groups in total. The van der Waals surface area contributed by atoms with Crippen molar-refractivity contribution >= 4 is 17.8 Å². The largest absolute Gasteiger partial charge is 0.479 e. The predicted molar refractivity (Wildman–Crippen MR) is 185 cm³/mol. The Labute approximate surface area is 308 Å². The number of allylic oxidation sites excluding steroid dienone is 3. The van der Waals surface area contributed by atoms with E-state index in [2.05, 4.69) is 10.6 Å². The molecule has 0 aromatic carbocycles. The molecule has 17 nitrogen and oxygen atoms in total. The van der Waals surface area contributed by atoms with Crippen LogP contribution in [0, 0.1) is 5.92 Å². The average Bonchev–Trinajstić information content (AvgIpc) is 3.16. The number of amides is 2. The first kappa shape index (κ1) is 41.6. The zero-order valence-corrected chi connectivity index (χ0v) is 30.1. The molecule has 4 fully saturated rings. The standard InChI is InChI=1S/C36H57N3O14/c1-18-27(42)29(44)30(45)36(49-18)53-31-21(38-33(46)20-11-6-3-7-12-20)13-8-14-22(31)51-35-26(39-25(41)16-37)32(28(43)24(17-40)52-35)50-23(34(47)48)15-19-9-4-2-5-10-19/h3,6,11,18-19,21-24,26-32,35-36,40,42-45H,2,4-5,7-10,12-17,37H2,1H3,(H,38,46)(H,39,41)(H,47,48)/t18?,21?,22-,23+,24?,26?,27-,28+,29?,30?,31?,32?,35-,36+/m1/s1. The topological polar surface area (TPSA) is 269 Å². The van der Waals surface area contributed by atoms with Gasteiger partial charge in [-0.3, -0.25) is 9.59 Å². The number of carboxylic acids is 1. The summed E-state index contributed by atoms with van der Waals surface area (Å²) in [5.74, 6) is -2.16. The maximum absolute atomic E-state index is 13.4. The molecular formula is C36H57N3O14. The van der Waals surface area contributed by atoms with Crippen molar-refractivity contribution in [1.29, 1.82) is 0 Å². The third-order valence-electron chi connectivity index (χ3n) is 11.0. The minimum atomic E-state index is -1.67. The molecule has 53 heavy (non-hydrogen) atoms. The summed E-state index contributed by atoms with van der Waals surface area (Å²) in [6, 6.07) is -2.04. The maximum Gasteiger partial charge on any atom is 0.332 e. The fourth-order valence-electron chi connectivity index (χ4n) is 7.99. The number of rotatable bonds is 14. The van der Waals surface area contributed by atoms with Gasteiger partial charge in [0.1, 0.15) is 48.8 Å². The summed E-state index contributed by atoms with van der Waals surface area (Å²) >= 11 is 0. The van der Waals surface area contributed by atoms with Crippen molar-refractivity contribution in [3.05, 3.63) is 23.8 Å². The highest BCUT2D eigenvalue weighted by atomic mass is 16.7. The molecule has 0 radical (unpaired) electrons. The third-order valence-corrected chi connectivity index (χ3v) is 11.0. The second kappa shape index (κ2) is 19.4. The molecule has 14 atom stereocenters. The molecule has 0 aromatic heterocycles. The lowest BCUT2D eigenvalue weighted by atomic mass is 9.85. The van der Waals surface area contributed by atoms with Crippen LogP contribution in [0.5, 0.6) is 0 Å². The lowest BCUT2D eigenvalue weighted by Gasteiger charge is -2.48. The first-order valence-corrected chi connectivity index (χ1v) is 18.9. The zero-order valence-electron chi connectivity index (χ0n) is 30.1. The molecule has 3 aliphatic carbocycles. The average molecular weight is 756 g/mol. The van der Waals surface area contributed by atoms with Crippen LogP contribution >= 0.6 is 0 Å². The fourth-order valence-corrected chi connectivity index (χ4v) is 7.99. The maximum atomic E-state index is 13.4. The summed E-state index contributed by atoms with van der Waals surface area (Å²) in [7, 11) is 0. The van der Waals surface area contributed by atoms with E-state index < -0.39 is 111 Å². The SMILES string of the molecule is CC1O[C@@H](OC2C(NC(=O)C3=CC=CCC3)CCC[C@H]2O[C@@H]2OC(CO)[C@H](O)C(O[C@@H](CC3CCCCC3)C(=O)O)C2NC(=O)CN)C(O)C(O)[C@@H]1O. The first-order chi connectivity index (χ1) is 25.4. The van der Waals surface area contributed by atoms with Crippen LogP contribution in [0.1, 0.15) is 77.6 Å². The van der Waals surface area contributed by atoms with Gasteiger partial charge in [0.15, 0.2) is 18.7 Å². The predicted octanol–water partition coefficient (Wildman–Crippen LogP) is -1.14. The number of aliphatic carboxylic acids is 1. The molecule has 8 unspecified atom stereocenters. The van der Waals surface area contributed by atoms with E-state index in [0.717, 1.165) is 32.1 Å². The van der Waals surface area contributed by atoms with Gasteiger partial charge in [0.05, 0.1) is 31.4 Å². The number of hydrogen-bond donors (Lipinski definition) is 9. The number of nitrogens with one attached hydrogen (secondary N) is 2. The van der Waals surface area contributed by atoms with Gasteiger partial charge in [-0.05, 0) is 51.4 Å². The summed E-state index contributed by atoms with van der Waals surface area (Å²) < 4.78 is 30.8. The molecule has 0 spiro atoms. The van der Waals surface area contributed by atoms with Gasteiger partial charge in [-0.25, -0.2) is 4.79 Å². The molecule has 300 valence electrons. The lowest BCUT2D eigenvalue weighted by molar-refractivity contribution is -0.334. The van der Waals surface area contributed by atoms with E-state index in [1.54, 1.807) is 12.2 Å². The van der Waals surface area contributed by atoms with Gasteiger partial charge >= 0.3 is 5.97 Å². The van der Waals surface area contributed by atoms with Crippen molar-refractivity contribution in [2.45, 2.75) is 163 Å². The normalized spacial score (nSPS) is 38.8. The van der Waals surface area contributed by atoms with Gasteiger partial charge in [0, 0.05) is 5.57 Å². The van der Waals surface area contributed by atoms with Gasteiger partial charge < -0.3 is 70.7 Å². The monoisotopic (exact) mass is 755 g/mol. The molecule has 2 saturated heterocycles. The van der Waals surface area contributed by atoms with E-state index in [-0.39, 0.29) is 18.2 Å². The van der Waals surface area contributed by atoms with E-state index >= 15 is 0 Å². The molecule has 5 rings (SSSR count). The van der Waals surface area contributed by atoms with Crippen molar-refractivity contribution in [3.63, 3.8) is 0 Å². The Bertz CT molecular complexity index is 1300. The van der Waals surface area contributed by atoms with E-state index in [0.29, 0.717) is 37.7 Å². The van der Waals surface area contributed by atoms with Gasteiger partial charge in [-0.1, -0.05) is 50.3 Å². The number of aliphatic hydroxyl groups is 5. The van der Waals surface area contributed by atoms with E-state index in [1.807, 2.05) is 6.08 Å². The highest BCUT2D eigenvalue weighted by Crippen LogP contribution is 2.35. The van der Waals surface area contributed by atoms with Crippen molar-refractivity contribution in [3.8, 4) is 0 Å². The Morgan fingerprint density at radius 1 is 0.906 bits per heavy atom. The summed E-state index contributed by atoms with van der Waals surface area (Å²) in [5.41, 5.74) is 6.20. The fraction of sp³-hybridized carbons (Fsp3) is 0.806. The number of carboxylic acid groups (broad SMARTS) is 1. The molecule has 5 aliphatic rings. The summed E-state index contributed by atoms with van der Waals surface area (Å²) in [4.78, 5) is 38.7. The van der Waals surface area contributed by atoms with Crippen molar-refractivity contribution in [1.82, 2.24) is 10.6 Å². The van der Waals surface area contributed by atoms with E-state index in [4.69, 9.17) is 29.4 Å². The molecule has 17 heteroatoms. The molecular weight excluding hydrogens is 698 g/mol. The number of carbonyl (C=O) groups is 3. The minimum absolute atomic E-state index is 0.0898. The van der Waals surface area contributed by atoms with Crippen LogP contribution in [0.2, 0.25) is 0 Å². The quantitative estimate of drug-likeness (QED) is 0.101. The van der Waals surface area contributed by atoms with Crippen molar-refractivity contribution in [2.75, 3.05) is 13.2 Å². The summed E-state index contributed by atoms with van der Waals surface area (Å²) in [5, 5.41) is 69.2. The lowest BCUT2D eigenvalue weighted by Crippen LogP contribution is -2.68. The third kappa shape index (κ3) is 10.4. The van der Waals surface area contributed by atoms with Crippen LogP contribution in [0.15, 0.2) is 23.8 Å². The van der Waals surface area contributed by atoms with Gasteiger partial charge in [0.25, 0.3) is 0 Å². The smallest absolute Gasteiger partial charge is 0.332 e. The van der Waals surface area contributed by atoms with E-state index in [1.165, 1.54) is 6.92 Å². The first-order valence-electron chi connectivity index (χ1n) is 18.9. The summed E-state index contributed by atoms with van der Waals surface area (Å²) in [6.45, 7) is 0.344. The van der Waals surface area contributed by atoms with Crippen molar-refractivity contribution < 1.29 is 68.7 Å². The Morgan fingerprint density at radius 2 is 1.66 bits per heavy atom. The highest BCUT2D eigenvalue weighted by molar-refractivity contribution is 5.94. The number of carbonyl (C=O) groups excluding carboxylic acids is 2. The van der Waals surface area contributed by atoms with Crippen LogP contribution in [0.25, 0.3) is 0 Å². The van der Waals surface area contributed by atoms with Crippen LogP contribution in [0.4, 0.5) is 0 Å². The Hall–Kier alpha value is -2.55. The van der Waals surface area contributed by atoms with Gasteiger partial charge in [-0.2, -0.15) is 0 Å². The Balaban J connectivity index is 1.43. The molecule has 0 bridgehead atoms. The Morgan fingerprint density at radius 3 is 2.32 bits per heavy atom. The van der Waals surface area contributed by atoms with Crippen LogP contribution in [0.3, 0.4) is 0 Å². The van der Waals surface area contributed by atoms with Gasteiger partial charge in [0.2, 0.25) is 11.8 Å². The zero-order chi connectivity index (χ0) is 38.2. The van der Waals surface area contributed by atoms with Crippen LogP contribution in [-0.2, 0) is 38.1 Å². The second-order valence-electron chi connectivity index (χ2n) is 14.8.